The number of benzene rings is 2. The molecular formula is C26H19Cl2N3O4. The topological polar surface area (TPSA) is 95.5 Å². The van der Waals surface area contributed by atoms with E-state index < -0.39 is 23.5 Å². The number of aromatic nitrogens is 2. The number of fused-ring (bicyclic) bond motifs is 1. The Morgan fingerprint density at radius 2 is 1.89 bits per heavy atom. The number of nitrogens with zero attached hydrogens (tertiary/aromatic N) is 2. The van der Waals surface area contributed by atoms with Crippen molar-refractivity contribution < 1.29 is 19.4 Å². The number of carbonyl (C=O) groups excluding carboxylic acids is 2. The number of para-hydroxylation sites is 1. The molecule has 1 unspecified atom stereocenters. The van der Waals surface area contributed by atoms with Crippen LogP contribution in [0.5, 0.6) is 5.75 Å². The Balaban J connectivity index is 1.76. The number of aliphatic hydroxyl groups excluding tert-OH is 1. The summed E-state index contributed by atoms with van der Waals surface area (Å²) in [7, 11) is 1.39. The number of rotatable bonds is 5. The Morgan fingerprint density at radius 3 is 2.63 bits per heavy atom. The zero-order valence-electron chi connectivity index (χ0n) is 18.5. The van der Waals surface area contributed by atoms with E-state index in [1.807, 2.05) is 24.3 Å². The minimum Gasteiger partial charge on any atom is -0.507 e. The summed E-state index contributed by atoms with van der Waals surface area (Å²) < 4.78 is 5.38. The Morgan fingerprint density at radius 1 is 1.14 bits per heavy atom. The molecule has 1 saturated heterocycles. The second-order valence-electron chi connectivity index (χ2n) is 8.04. The summed E-state index contributed by atoms with van der Waals surface area (Å²) in [6, 6.07) is 13.1. The number of aliphatic hydroxyl groups is 1. The Kier molecular flexibility index (Phi) is 5.96. The number of halogens is 2. The van der Waals surface area contributed by atoms with Crippen LogP contribution in [0.25, 0.3) is 16.7 Å². The summed E-state index contributed by atoms with van der Waals surface area (Å²) in [5.41, 5.74) is 2.33. The number of Topliss-reactive ketones (excluding diaryl/α,β-unsaturated/α-hetero) is 1. The maximum absolute atomic E-state index is 13.4. The lowest BCUT2D eigenvalue weighted by atomic mass is 9.94. The molecule has 35 heavy (non-hydrogen) atoms. The largest absolute Gasteiger partial charge is 0.507 e. The number of ether oxygens (including phenoxy) is 1. The Labute approximate surface area is 210 Å². The molecule has 0 bridgehead atoms. The molecule has 2 N–H and O–H groups in total. The lowest BCUT2D eigenvalue weighted by molar-refractivity contribution is -0.140. The van der Waals surface area contributed by atoms with Crippen molar-refractivity contribution in [1.29, 1.82) is 0 Å². The summed E-state index contributed by atoms with van der Waals surface area (Å²) in [5, 5.41) is 12.7. The molecule has 176 valence electrons. The van der Waals surface area contributed by atoms with Crippen molar-refractivity contribution in [2.45, 2.75) is 12.6 Å². The average Bonchev–Trinajstić information content (AvgIpc) is 3.38. The zero-order valence-corrected chi connectivity index (χ0v) is 20.0. The third kappa shape index (κ3) is 3.92. The molecule has 0 spiro atoms. The minimum absolute atomic E-state index is 0.0783. The van der Waals surface area contributed by atoms with Crippen molar-refractivity contribution in [2.75, 3.05) is 7.11 Å². The van der Waals surface area contributed by atoms with Gasteiger partial charge in [0, 0.05) is 46.6 Å². The molecule has 0 aliphatic carbocycles. The van der Waals surface area contributed by atoms with Gasteiger partial charge < -0.3 is 19.7 Å². The number of aromatic amines is 1. The number of ketones is 1. The standard InChI is InChI=1S/C26H19Cl2N3O4/c1-35-25-17(10-15(27)11-19(25)28)23(32)21-22(18-12-30-20-5-3-2-4-16(18)20)31(26(34)24(21)33)13-14-6-8-29-9-7-14/h2-12,22,30,32H,13H2,1H3/b23-21+. The van der Waals surface area contributed by atoms with Gasteiger partial charge in [-0.3, -0.25) is 14.6 Å². The van der Waals surface area contributed by atoms with E-state index >= 15 is 0 Å². The van der Waals surface area contributed by atoms with Crippen molar-refractivity contribution in [1.82, 2.24) is 14.9 Å². The van der Waals surface area contributed by atoms with E-state index in [0.29, 0.717) is 5.56 Å². The smallest absolute Gasteiger partial charge is 0.295 e. The van der Waals surface area contributed by atoms with E-state index in [4.69, 9.17) is 27.9 Å². The predicted octanol–water partition coefficient (Wildman–Crippen LogP) is 5.50. The summed E-state index contributed by atoms with van der Waals surface area (Å²) in [6.45, 7) is 0.140. The van der Waals surface area contributed by atoms with Crippen LogP contribution in [0.3, 0.4) is 0 Å². The van der Waals surface area contributed by atoms with Crippen LogP contribution >= 0.6 is 23.2 Å². The molecule has 3 heterocycles. The van der Waals surface area contributed by atoms with E-state index in [2.05, 4.69) is 9.97 Å². The van der Waals surface area contributed by atoms with Gasteiger partial charge in [-0.25, -0.2) is 0 Å². The number of pyridine rings is 1. The number of H-pyrrole nitrogens is 1. The fourth-order valence-corrected chi connectivity index (χ4v) is 5.03. The Hall–Kier alpha value is -3.81. The van der Waals surface area contributed by atoms with Crippen LogP contribution in [-0.2, 0) is 16.1 Å². The number of carbonyl (C=O) groups is 2. The fraction of sp³-hybridized carbons (Fsp3) is 0.115. The Bertz CT molecular complexity index is 1500. The molecule has 0 saturated carbocycles. The van der Waals surface area contributed by atoms with E-state index in [1.165, 1.54) is 24.1 Å². The van der Waals surface area contributed by atoms with Gasteiger partial charge in [-0.05, 0) is 35.9 Å². The molecule has 9 heteroatoms. The molecule has 5 rings (SSSR count). The fourth-order valence-electron chi connectivity index (χ4n) is 4.46. The number of likely N-dealkylation sites (tertiary alicyclic amines) is 1. The van der Waals surface area contributed by atoms with Crippen LogP contribution in [0, 0.1) is 0 Å². The van der Waals surface area contributed by atoms with Crippen LogP contribution in [0.15, 0.2) is 72.7 Å². The second kappa shape index (κ2) is 9.09. The van der Waals surface area contributed by atoms with Crippen molar-refractivity contribution in [3.8, 4) is 5.75 Å². The van der Waals surface area contributed by atoms with E-state index in [9.17, 15) is 14.7 Å². The van der Waals surface area contributed by atoms with Crippen LogP contribution in [0.1, 0.15) is 22.7 Å². The maximum Gasteiger partial charge on any atom is 0.295 e. The maximum atomic E-state index is 13.4. The number of amides is 1. The molecule has 1 atom stereocenters. The molecule has 2 aromatic carbocycles. The van der Waals surface area contributed by atoms with Crippen molar-refractivity contribution in [3.05, 3.63) is 99.4 Å². The quantitative estimate of drug-likeness (QED) is 0.211. The highest BCUT2D eigenvalue weighted by atomic mass is 35.5. The molecule has 0 radical (unpaired) electrons. The number of hydrogen-bond acceptors (Lipinski definition) is 5. The molecular weight excluding hydrogens is 489 g/mol. The van der Waals surface area contributed by atoms with E-state index in [1.54, 1.807) is 30.7 Å². The summed E-state index contributed by atoms with van der Waals surface area (Å²) in [6.07, 6.45) is 4.98. The third-order valence-electron chi connectivity index (χ3n) is 6.03. The highest BCUT2D eigenvalue weighted by Crippen LogP contribution is 2.45. The average molecular weight is 508 g/mol. The summed E-state index contributed by atoms with van der Waals surface area (Å²) in [5.74, 6) is -1.82. The van der Waals surface area contributed by atoms with Crippen LogP contribution in [-0.4, -0.2) is 38.8 Å². The van der Waals surface area contributed by atoms with Crippen LogP contribution in [0.2, 0.25) is 10.0 Å². The van der Waals surface area contributed by atoms with E-state index in [-0.39, 0.29) is 33.5 Å². The highest BCUT2D eigenvalue weighted by Gasteiger charge is 2.47. The second-order valence-corrected chi connectivity index (χ2v) is 8.88. The van der Waals surface area contributed by atoms with Crippen molar-refractivity contribution in [2.24, 2.45) is 0 Å². The number of nitrogens with one attached hydrogen (secondary N) is 1. The van der Waals surface area contributed by atoms with Gasteiger partial charge in [0.05, 0.1) is 29.3 Å². The van der Waals surface area contributed by atoms with Crippen LogP contribution in [0.4, 0.5) is 0 Å². The first-order chi connectivity index (χ1) is 16.9. The van der Waals surface area contributed by atoms with Gasteiger partial charge >= 0.3 is 0 Å². The molecule has 7 nitrogen and oxygen atoms in total. The predicted molar refractivity (Wildman–Crippen MR) is 133 cm³/mol. The lowest BCUT2D eigenvalue weighted by Crippen LogP contribution is -2.29. The van der Waals surface area contributed by atoms with Gasteiger partial charge in [-0.2, -0.15) is 0 Å². The van der Waals surface area contributed by atoms with Gasteiger partial charge in [0.15, 0.2) is 0 Å². The summed E-state index contributed by atoms with van der Waals surface area (Å²) >= 11 is 12.5. The van der Waals surface area contributed by atoms with Crippen molar-refractivity contribution in [3.63, 3.8) is 0 Å². The first kappa shape index (κ1) is 23.0. The molecule has 2 aromatic heterocycles. The molecule has 1 aliphatic heterocycles. The zero-order chi connectivity index (χ0) is 24.7. The normalized spacial score (nSPS) is 17.3. The minimum atomic E-state index is -0.873. The van der Waals surface area contributed by atoms with Crippen LogP contribution < -0.4 is 4.74 Å². The highest BCUT2D eigenvalue weighted by molar-refractivity contribution is 6.47. The van der Waals surface area contributed by atoms with E-state index in [0.717, 1.165) is 16.5 Å². The molecule has 1 fully saturated rings. The first-order valence-electron chi connectivity index (χ1n) is 10.7. The SMILES string of the molecule is COc1c(Cl)cc(Cl)cc1/C(O)=C1\C(=O)C(=O)N(Cc2ccncc2)C1c1c[nH]c2ccccc12. The number of hydrogen-bond donors (Lipinski definition) is 2. The monoisotopic (exact) mass is 507 g/mol. The van der Waals surface area contributed by atoms with Gasteiger partial charge in [0.25, 0.3) is 11.7 Å². The number of methoxy groups -OCH3 is 1. The molecule has 1 aliphatic rings. The first-order valence-corrected chi connectivity index (χ1v) is 11.4. The van der Waals surface area contributed by atoms with Gasteiger partial charge in [-0.1, -0.05) is 41.4 Å². The van der Waals surface area contributed by atoms with Gasteiger partial charge in [0.1, 0.15) is 11.5 Å². The van der Waals surface area contributed by atoms with Gasteiger partial charge in [-0.15, -0.1) is 0 Å². The molecule has 4 aromatic rings. The van der Waals surface area contributed by atoms with Crippen molar-refractivity contribution >= 4 is 51.6 Å². The summed E-state index contributed by atoms with van der Waals surface area (Å²) in [4.78, 5) is 35.4. The third-order valence-corrected chi connectivity index (χ3v) is 6.52. The van der Waals surface area contributed by atoms with Gasteiger partial charge in [0.2, 0.25) is 0 Å². The lowest BCUT2D eigenvalue weighted by Gasteiger charge is -2.25. The molecule has 1 amide bonds.